The number of hydrogen-bond acceptors (Lipinski definition) is 3. The Kier molecular flexibility index (Phi) is 6.57. The number of hydrogen-bond donors (Lipinski definition) is 1. The van der Waals surface area contributed by atoms with E-state index in [9.17, 15) is 18.0 Å². The molecule has 0 unspecified atom stereocenters. The van der Waals surface area contributed by atoms with Crippen LogP contribution in [0.1, 0.15) is 5.56 Å². The van der Waals surface area contributed by atoms with Gasteiger partial charge in [-0.05, 0) is 35.9 Å². The molecule has 0 aliphatic carbocycles. The number of alkyl halides is 2. The number of nitrogens with zero attached hydrogens (tertiary/aromatic N) is 1. The summed E-state index contributed by atoms with van der Waals surface area (Å²) in [5.41, 5.74) is 0.869. The zero-order chi connectivity index (χ0) is 19.3. The summed E-state index contributed by atoms with van der Waals surface area (Å²) in [7, 11) is 2.88. The number of benzene rings is 2. The molecule has 0 heterocycles. The van der Waals surface area contributed by atoms with Crippen molar-refractivity contribution >= 4 is 23.3 Å². The molecule has 0 fully saturated rings. The van der Waals surface area contributed by atoms with Crippen LogP contribution in [0, 0.1) is 5.82 Å². The van der Waals surface area contributed by atoms with E-state index in [1.165, 1.54) is 49.4 Å². The molecule has 0 spiro atoms. The number of methoxy groups -OCH3 is 1. The van der Waals surface area contributed by atoms with Crippen LogP contribution in [0.25, 0.3) is 0 Å². The maximum absolute atomic E-state index is 13.7. The Morgan fingerprint density at radius 3 is 2.50 bits per heavy atom. The van der Waals surface area contributed by atoms with E-state index in [1.54, 1.807) is 6.07 Å². The summed E-state index contributed by atoms with van der Waals surface area (Å²) >= 11 is 5.84. The third kappa shape index (κ3) is 5.19. The van der Waals surface area contributed by atoms with Crippen LogP contribution < -0.4 is 14.8 Å². The van der Waals surface area contributed by atoms with Crippen LogP contribution in [0.5, 0.6) is 11.5 Å². The van der Waals surface area contributed by atoms with Gasteiger partial charge in [0, 0.05) is 19.3 Å². The molecule has 26 heavy (non-hydrogen) atoms. The number of halogens is 4. The number of nitrogens with one attached hydrogen (secondary N) is 1. The molecule has 140 valence electrons. The molecule has 2 amide bonds. The second-order valence-corrected chi connectivity index (χ2v) is 5.69. The summed E-state index contributed by atoms with van der Waals surface area (Å²) < 4.78 is 47.2. The Hall–Kier alpha value is -2.61. The van der Waals surface area contributed by atoms with Crippen molar-refractivity contribution in [2.45, 2.75) is 13.2 Å². The van der Waals surface area contributed by atoms with Crippen molar-refractivity contribution in [3.8, 4) is 11.5 Å². The Morgan fingerprint density at radius 2 is 1.92 bits per heavy atom. The second-order valence-electron chi connectivity index (χ2n) is 5.28. The van der Waals surface area contributed by atoms with Gasteiger partial charge in [-0.1, -0.05) is 17.7 Å². The molecule has 0 aromatic heterocycles. The predicted octanol–water partition coefficient (Wildman–Crippen LogP) is 4.75. The molecule has 0 radical (unpaired) electrons. The van der Waals surface area contributed by atoms with E-state index < -0.39 is 18.5 Å². The minimum absolute atomic E-state index is 0.0667. The lowest BCUT2D eigenvalue weighted by atomic mass is 10.2. The van der Waals surface area contributed by atoms with Gasteiger partial charge < -0.3 is 19.7 Å². The molecule has 0 bridgehead atoms. The third-order valence-corrected chi connectivity index (χ3v) is 3.68. The van der Waals surface area contributed by atoms with Crippen molar-refractivity contribution in [1.29, 1.82) is 0 Å². The first-order chi connectivity index (χ1) is 12.3. The van der Waals surface area contributed by atoms with Gasteiger partial charge in [0.1, 0.15) is 5.75 Å². The summed E-state index contributed by atoms with van der Waals surface area (Å²) in [6, 6.07) is 7.79. The van der Waals surface area contributed by atoms with Gasteiger partial charge in [-0.15, -0.1) is 0 Å². The molecular weight excluding hydrogens is 373 g/mol. The maximum atomic E-state index is 13.7. The van der Waals surface area contributed by atoms with Crippen LogP contribution in [0.3, 0.4) is 0 Å². The smallest absolute Gasteiger partial charge is 0.387 e. The second kappa shape index (κ2) is 8.66. The molecule has 2 aromatic rings. The Balaban J connectivity index is 2.00. The zero-order valence-electron chi connectivity index (χ0n) is 13.9. The first-order valence-corrected chi connectivity index (χ1v) is 7.77. The van der Waals surface area contributed by atoms with Crippen LogP contribution in [-0.2, 0) is 6.54 Å². The van der Waals surface area contributed by atoms with Crippen LogP contribution in [0.4, 0.5) is 23.7 Å². The average Bonchev–Trinajstić information content (AvgIpc) is 2.57. The molecule has 0 atom stereocenters. The molecule has 0 saturated heterocycles. The van der Waals surface area contributed by atoms with E-state index >= 15 is 0 Å². The molecule has 2 rings (SSSR count). The average molecular weight is 389 g/mol. The van der Waals surface area contributed by atoms with Gasteiger partial charge in [0.25, 0.3) is 0 Å². The molecule has 2 aromatic carbocycles. The van der Waals surface area contributed by atoms with E-state index in [0.29, 0.717) is 11.3 Å². The molecule has 0 saturated carbocycles. The van der Waals surface area contributed by atoms with E-state index in [2.05, 4.69) is 10.1 Å². The minimum atomic E-state index is -3.00. The number of ether oxygens (including phenoxy) is 2. The Labute approximate surface area is 153 Å². The van der Waals surface area contributed by atoms with Crippen LogP contribution in [-0.4, -0.2) is 31.7 Å². The number of carbonyl (C=O) groups is 1. The first-order valence-electron chi connectivity index (χ1n) is 7.39. The predicted molar refractivity (Wildman–Crippen MR) is 91.5 cm³/mol. The number of anilines is 1. The summed E-state index contributed by atoms with van der Waals surface area (Å²) in [5.74, 6) is -0.608. The van der Waals surface area contributed by atoms with Gasteiger partial charge in [-0.3, -0.25) is 0 Å². The largest absolute Gasteiger partial charge is 0.494 e. The number of carbonyl (C=O) groups excluding carboxylic acids is 1. The topological polar surface area (TPSA) is 50.8 Å². The fourth-order valence-corrected chi connectivity index (χ4v) is 2.37. The SMILES string of the molecule is COc1ccc(CN(C)C(=O)Nc2ccc(OC(F)F)c(Cl)c2)cc1F. The highest BCUT2D eigenvalue weighted by Gasteiger charge is 2.13. The molecule has 9 heteroatoms. The highest BCUT2D eigenvalue weighted by atomic mass is 35.5. The summed E-state index contributed by atoms with van der Waals surface area (Å²) in [6.45, 7) is -2.85. The quantitative estimate of drug-likeness (QED) is 0.776. The minimum Gasteiger partial charge on any atom is -0.494 e. The molecule has 0 aliphatic rings. The van der Waals surface area contributed by atoms with Gasteiger partial charge >= 0.3 is 12.6 Å². The maximum Gasteiger partial charge on any atom is 0.387 e. The van der Waals surface area contributed by atoms with Gasteiger partial charge in [-0.25, -0.2) is 9.18 Å². The highest BCUT2D eigenvalue weighted by Crippen LogP contribution is 2.29. The van der Waals surface area contributed by atoms with Gasteiger partial charge in [0.2, 0.25) is 0 Å². The van der Waals surface area contributed by atoms with E-state index in [-0.39, 0.29) is 23.1 Å². The Morgan fingerprint density at radius 1 is 1.23 bits per heavy atom. The van der Waals surface area contributed by atoms with Crippen LogP contribution in [0.2, 0.25) is 5.02 Å². The Bertz CT molecular complexity index is 790. The van der Waals surface area contributed by atoms with Crippen LogP contribution in [0.15, 0.2) is 36.4 Å². The summed E-state index contributed by atoms with van der Waals surface area (Å²) in [6.07, 6.45) is 0. The first kappa shape index (κ1) is 19.7. The zero-order valence-corrected chi connectivity index (χ0v) is 14.7. The van der Waals surface area contributed by atoms with Gasteiger partial charge in [0.05, 0.1) is 12.1 Å². The highest BCUT2D eigenvalue weighted by molar-refractivity contribution is 6.32. The standard InChI is InChI=1S/C17H16ClF3N2O3/c1-23(9-10-3-5-15(25-2)13(19)7-10)17(24)22-11-4-6-14(12(18)8-11)26-16(20)21/h3-8,16H,9H2,1-2H3,(H,22,24). The van der Waals surface area contributed by atoms with Crippen molar-refractivity contribution in [3.63, 3.8) is 0 Å². The lowest BCUT2D eigenvalue weighted by molar-refractivity contribution is -0.0497. The van der Waals surface area contributed by atoms with Crippen molar-refractivity contribution < 1.29 is 27.4 Å². The van der Waals surface area contributed by atoms with Gasteiger partial charge in [0.15, 0.2) is 11.6 Å². The van der Waals surface area contributed by atoms with Gasteiger partial charge in [-0.2, -0.15) is 8.78 Å². The lowest BCUT2D eigenvalue weighted by Crippen LogP contribution is -2.30. The number of amides is 2. The molecule has 5 nitrogen and oxygen atoms in total. The van der Waals surface area contributed by atoms with E-state index in [1.807, 2.05) is 0 Å². The lowest BCUT2D eigenvalue weighted by Gasteiger charge is -2.19. The van der Waals surface area contributed by atoms with E-state index in [4.69, 9.17) is 16.3 Å². The van der Waals surface area contributed by atoms with Crippen molar-refractivity contribution in [1.82, 2.24) is 4.90 Å². The van der Waals surface area contributed by atoms with Crippen molar-refractivity contribution in [2.24, 2.45) is 0 Å². The van der Waals surface area contributed by atoms with Crippen LogP contribution >= 0.6 is 11.6 Å². The monoisotopic (exact) mass is 388 g/mol. The summed E-state index contributed by atoms with van der Waals surface area (Å²) in [5, 5.41) is 2.49. The van der Waals surface area contributed by atoms with Crippen molar-refractivity contribution in [3.05, 3.63) is 52.8 Å². The molecule has 1 N–H and O–H groups in total. The normalized spacial score (nSPS) is 10.6. The van der Waals surface area contributed by atoms with E-state index in [0.717, 1.165) is 0 Å². The molecule has 0 aliphatic heterocycles. The fourth-order valence-electron chi connectivity index (χ4n) is 2.14. The third-order valence-electron chi connectivity index (χ3n) is 3.38. The van der Waals surface area contributed by atoms with Crippen molar-refractivity contribution in [2.75, 3.05) is 19.5 Å². The number of rotatable bonds is 6. The molecular formula is C17H16ClF3N2O3. The summed E-state index contributed by atoms with van der Waals surface area (Å²) in [4.78, 5) is 13.5. The fraction of sp³-hybridized carbons (Fsp3) is 0.235. The number of urea groups is 1.